The van der Waals surface area contributed by atoms with Crippen LogP contribution in [-0.2, 0) is 17.8 Å². The highest BCUT2D eigenvalue weighted by Crippen LogP contribution is 2.12. The molecule has 1 atom stereocenters. The predicted molar refractivity (Wildman–Crippen MR) is 77.8 cm³/mol. The van der Waals surface area contributed by atoms with E-state index < -0.39 is 0 Å². The Morgan fingerprint density at radius 2 is 1.78 bits per heavy atom. The molecule has 0 spiro atoms. The van der Waals surface area contributed by atoms with Crippen molar-refractivity contribution in [1.29, 1.82) is 0 Å². The summed E-state index contributed by atoms with van der Waals surface area (Å²) in [5, 5.41) is 3.46. The number of ether oxygens (including phenoxy) is 1. The van der Waals surface area contributed by atoms with Gasteiger partial charge in [-0.2, -0.15) is 0 Å². The van der Waals surface area contributed by atoms with E-state index in [1.54, 1.807) is 0 Å². The zero-order valence-corrected chi connectivity index (χ0v) is 12.2. The van der Waals surface area contributed by atoms with E-state index in [4.69, 9.17) is 4.74 Å². The minimum Gasteiger partial charge on any atom is -0.374 e. The Kier molecular flexibility index (Phi) is 6.99. The standard InChI is InChI=1S/C16H27NO/c1-5-14(4)18-12-16-9-7-6-8-15(16)10-11-17-13(2)3/h6-9,13-14,17H,5,10-12H2,1-4H3. The minimum absolute atomic E-state index is 0.340. The van der Waals surface area contributed by atoms with Crippen LogP contribution in [-0.4, -0.2) is 18.7 Å². The number of benzene rings is 1. The van der Waals surface area contributed by atoms with Gasteiger partial charge in [-0.1, -0.05) is 45.0 Å². The van der Waals surface area contributed by atoms with Crippen LogP contribution in [0, 0.1) is 0 Å². The molecule has 0 heterocycles. The van der Waals surface area contributed by atoms with Crippen molar-refractivity contribution in [2.45, 2.75) is 59.3 Å². The van der Waals surface area contributed by atoms with Crippen molar-refractivity contribution in [2.75, 3.05) is 6.54 Å². The summed E-state index contributed by atoms with van der Waals surface area (Å²) in [7, 11) is 0. The maximum atomic E-state index is 5.82. The molecular formula is C16H27NO. The number of nitrogens with one attached hydrogen (secondary N) is 1. The Bertz CT molecular complexity index is 336. The third-order valence-corrected chi connectivity index (χ3v) is 3.16. The summed E-state index contributed by atoms with van der Waals surface area (Å²) in [6.07, 6.45) is 2.47. The summed E-state index contributed by atoms with van der Waals surface area (Å²) < 4.78 is 5.82. The molecule has 0 saturated carbocycles. The molecule has 1 aromatic rings. The molecular weight excluding hydrogens is 222 g/mol. The van der Waals surface area contributed by atoms with Crippen molar-refractivity contribution in [3.05, 3.63) is 35.4 Å². The van der Waals surface area contributed by atoms with E-state index >= 15 is 0 Å². The van der Waals surface area contributed by atoms with Gasteiger partial charge < -0.3 is 10.1 Å². The average Bonchev–Trinajstić information content (AvgIpc) is 2.36. The first-order valence-electron chi connectivity index (χ1n) is 7.05. The van der Waals surface area contributed by atoms with Gasteiger partial charge in [0, 0.05) is 6.04 Å². The van der Waals surface area contributed by atoms with Gasteiger partial charge in [-0.3, -0.25) is 0 Å². The van der Waals surface area contributed by atoms with Gasteiger partial charge in [0.15, 0.2) is 0 Å². The number of hydrogen-bond acceptors (Lipinski definition) is 2. The van der Waals surface area contributed by atoms with Crippen molar-refractivity contribution < 1.29 is 4.74 Å². The normalized spacial score (nSPS) is 12.9. The molecule has 0 saturated heterocycles. The molecule has 0 bridgehead atoms. The Morgan fingerprint density at radius 1 is 1.11 bits per heavy atom. The largest absolute Gasteiger partial charge is 0.374 e. The van der Waals surface area contributed by atoms with Crippen LogP contribution in [0.1, 0.15) is 45.2 Å². The molecule has 1 aromatic carbocycles. The second-order valence-corrected chi connectivity index (χ2v) is 5.16. The lowest BCUT2D eigenvalue weighted by molar-refractivity contribution is 0.0504. The van der Waals surface area contributed by atoms with Crippen molar-refractivity contribution >= 4 is 0 Å². The number of hydrogen-bond donors (Lipinski definition) is 1. The number of rotatable bonds is 8. The average molecular weight is 249 g/mol. The molecule has 0 aliphatic rings. The minimum atomic E-state index is 0.340. The maximum absolute atomic E-state index is 5.82. The van der Waals surface area contributed by atoms with Crippen LogP contribution >= 0.6 is 0 Å². The molecule has 0 aliphatic heterocycles. The van der Waals surface area contributed by atoms with Crippen LogP contribution in [0.25, 0.3) is 0 Å². The predicted octanol–water partition coefficient (Wildman–Crippen LogP) is 3.54. The van der Waals surface area contributed by atoms with Crippen molar-refractivity contribution in [1.82, 2.24) is 5.32 Å². The SMILES string of the molecule is CCC(C)OCc1ccccc1CCNC(C)C. The van der Waals surface area contributed by atoms with Gasteiger partial charge in [0.05, 0.1) is 12.7 Å². The summed E-state index contributed by atoms with van der Waals surface area (Å²) in [6, 6.07) is 9.13. The maximum Gasteiger partial charge on any atom is 0.0723 e. The van der Waals surface area contributed by atoms with Crippen LogP contribution in [0.5, 0.6) is 0 Å². The quantitative estimate of drug-likeness (QED) is 0.761. The van der Waals surface area contributed by atoms with Crippen LogP contribution in [0.3, 0.4) is 0 Å². The van der Waals surface area contributed by atoms with Gasteiger partial charge in [-0.05, 0) is 37.4 Å². The van der Waals surface area contributed by atoms with Crippen LogP contribution in [0.2, 0.25) is 0 Å². The van der Waals surface area contributed by atoms with E-state index in [-0.39, 0.29) is 0 Å². The van der Waals surface area contributed by atoms with Gasteiger partial charge >= 0.3 is 0 Å². The third kappa shape index (κ3) is 5.65. The summed E-state index contributed by atoms with van der Waals surface area (Å²) in [5.74, 6) is 0. The molecule has 0 radical (unpaired) electrons. The zero-order chi connectivity index (χ0) is 13.4. The molecule has 102 valence electrons. The Morgan fingerprint density at radius 3 is 2.39 bits per heavy atom. The van der Waals surface area contributed by atoms with E-state index in [9.17, 15) is 0 Å². The van der Waals surface area contributed by atoms with Gasteiger partial charge in [-0.25, -0.2) is 0 Å². The molecule has 18 heavy (non-hydrogen) atoms. The molecule has 1 rings (SSSR count). The van der Waals surface area contributed by atoms with E-state index in [0.717, 1.165) is 26.0 Å². The topological polar surface area (TPSA) is 21.3 Å². The molecule has 0 amide bonds. The summed E-state index contributed by atoms with van der Waals surface area (Å²) in [5.41, 5.74) is 2.72. The van der Waals surface area contributed by atoms with Gasteiger partial charge in [0.2, 0.25) is 0 Å². The Balaban J connectivity index is 2.50. The lowest BCUT2D eigenvalue weighted by Crippen LogP contribution is -2.25. The summed E-state index contributed by atoms with van der Waals surface area (Å²) >= 11 is 0. The Hall–Kier alpha value is -0.860. The lowest BCUT2D eigenvalue weighted by Gasteiger charge is -2.14. The van der Waals surface area contributed by atoms with E-state index in [1.807, 2.05) is 0 Å². The first-order chi connectivity index (χ1) is 8.63. The Labute approximate surface area is 112 Å². The van der Waals surface area contributed by atoms with Crippen LogP contribution in [0.4, 0.5) is 0 Å². The van der Waals surface area contributed by atoms with Crippen molar-refractivity contribution in [3.63, 3.8) is 0 Å². The molecule has 1 unspecified atom stereocenters. The first-order valence-corrected chi connectivity index (χ1v) is 7.05. The fourth-order valence-electron chi connectivity index (χ4n) is 1.79. The second kappa shape index (κ2) is 8.28. The van der Waals surface area contributed by atoms with Crippen molar-refractivity contribution in [2.24, 2.45) is 0 Å². The molecule has 2 nitrogen and oxygen atoms in total. The summed E-state index contributed by atoms with van der Waals surface area (Å²) in [4.78, 5) is 0. The summed E-state index contributed by atoms with van der Waals surface area (Å²) in [6.45, 7) is 10.4. The highest BCUT2D eigenvalue weighted by Gasteiger charge is 2.04. The molecule has 1 N–H and O–H groups in total. The van der Waals surface area contributed by atoms with Crippen LogP contribution in [0.15, 0.2) is 24.3 Å². The second-order valence-electron chi connectivity index (χ2n) is 5.16. The molecule has 0 fully saturated rings. The molecule has 2 heteroatoms. The molecule has 0 aliphatic carbocycles. The first kappa shape index (κ1) is 15.2. The highest BCUT2D eigenvalue weighted by molar-refractivity contribution is 5.26. The van der Waals surface area contributed by atoms with Gasteiger partial charge in [-0.15, -0.1) is 0 Å². The third-order valence-electron chi connectivity index (χ3n) is 3.16. The monoisotopic (exact) mass is 249 g/mol. The van der Waals surface area contributed by atoms with Gasteiger partial charge in [0.25, 0.3) is 0 Å². The fourth-order valence-corrected chi connectivity index (χ4v) is 1.79. The lowest BCUT2D eigenvalue weighted by atomic mass is 10.1. The van der Waals surface area contributed by atoms with Gasteiger partial charge in [0.1, 0.15) is 0 Å². The van der Waals surface area contributed by atoms with Crippen molar-refractivity contribution in [3.8, 4) is 0 Å². The van der Waals surface area contributed by atoms with E-state index in [2.05, 4.69) is 57.3 Å². The zero-order valence-electron chi connectivity index (χ0n) is 12.2. The fraction of sp³-hybridized carbons (Fsp3) is 0.625. The van der Waals surface area contributed by atoms with Crippen LogP contribution < -0.4 is 5.32 Å². The van der Waals surface area contributed by atoms with E-state index in [1.165, 1.54) is 11.1 Å². The smallest absolute Gasteiger partial charge is 0.0723 e. The highest BCUT2D eigenvalue weighted by atomic mass is 16.5. The molecule has 0 aromatic heterocycles. The van der Waals surface area contributed by atoms with E-state index in [0.29, 0.717) is 12.1 Å².